The summed E-state index contributed by atoms with van der Waals surface area (Å²) in [5.41, 5.74) is 2.68. The Morgan fingerprint density at radius 1 is 0.811 bits per heavy atom. The molecule has 1 N–H and O–H groups in total. The van der Waals surface area contributed by atoms with Crippen molar-refractivity contribution in [2.75, 3.05) is 34.2 Å². The van der Waals surface area contributed by atoms with Gasteiger partial charge in [0, 0.05) is 17.2 Å². The van der Waals surface area contributed by atoms with Crippen molar-refractivity contribution in [2.45, 2.75) is 43.3 Å². The molecule has 0 saturated heterocycles. The van der Waals surface area contributed by atoms with Crippen LogP contribution in [0.5, 0.6) is 23.0 Å². The number of benzene rings is 2. The van der Waals surface area contributed by atoms with Crippen LogP contribution >= 0.6 is 11.8 Å². The summed E-state index contributed by atoms with van der Waals surface area (Å²) in [4.78, 5) is 17.4. The number of rotatable bonds is 10. The summed E-state index contributed by atoms with van der Waals surface area (Å²) in [5, 5.41) is 12.4. The summed E-state index contributed by atoms with van der Waals surface area (Å²) in [6.07, 6.45) is 5.65. The lowest BCUT2D eigenvalue weighted by molar-refractivity contribution is -0.119. The van der Waals surface area contributed by atoms with Gasteiger partial charge in [-0.2, -0.15) is 0 Å². The molecule has 1 aliphatic carbocycles. The minimum atomic E-state index is -0.0165. The number of thioether (sulfide) groups is 1. The predicted octanol–water partition coefficient (Wildman–Crippen LogP) is 4.78. The van der Waals surface area contributed by atoms with Crippen molar-refractivity contribution in [2.24, 2.45) is 0 Å². The Labute approximate surface area is 221 Å². The molecule has 0 atom stereocenters. The Kier molecular flexibility index (Phi) is 9.05. The number of aromatic nitrogens is 3. The lowest BCUT2D eigenvalue weighted by Gasteiger charge is -2.22. The van der Waals surface area contributed by atoms with E-state index < -0.39 is 0 Å². The second-order valence-corrected chi connectivity index (χ2v) is 9.56. The highest BCUT2D eigenvalue weighted by Gasteiger charge is 2.20. The first-order chi connectivity index (χ1) is 18.1. The number of hydrogen-bond acceptors (Lipinski definition) is 9. The Bertz CT molecular complexity index is 1230. The molecule has 3 aromatic rings. The van der Waals surface area contributed by atoms with Crippen LogP contribution in [0.4, 0.5) is 0 Å². The van der Waals surface area contributed by atoms with E-state index in [1.165, 1.54) is 18.2 Å². The molecular weight excluding hydrogens is 492 g/mol. The van der Waals surface area contributed by atoms with Crippen molar-refractivity contribution < 1.29 is 23.7 Å². The Morgan fingerprint density at radius 3 is 1.95 bits per heavy atom. The molecule has 1 saturated carbocycles. The van der Waals surface area contributed by atoms with E-state index in [9.17, 15) is 4.79 Å². The van der Waals surface area contributed by atoms with Gasteiger partial charge in [0.05, 0.1) is 34.2 Å². The first-order valence-electron chi connectivity index (χ1n) is 12.2. The van der Waals surface area contributed by atoms with E-state index in [0.29, 0.717) is 39.5 Å². The topological polar surface area (TPSA) is 105 Å². The quantitative estimate of drug-likeness (QED) is 0.375. The van der Waals surface area contributed by atoms with Crippen LogP contribution in [0.2, 0.25) is 0 Å². The molecular formula is C27H32N4O5S. The molecule has 1 aliphatic rings. The highest BCUT2D eigenvalue weighted by atomic mass is 32.2. The van der Waals surface area contributed by atoms with Crippen LogP contribution in [0.3, 0.4) is 0 Å². The first-order valence-corrected chi connectivity index (χ1v) is 13.2. The summed E-state index contributed by atoms with van der Waals surface area (Å²) in [6.45, 7) is 0. The zero-order valence-corrected chi connectivity index (χ0v) is 22.4. The van der Waals surface area contributed by atoms with Gasteiger partial charge in [-0.05, 0) is 49.2 Å². The molecule has 1 aromatic heterocycles. The molecule has 4 rings (SSSR count). The van der Waals surface area contributed by atoms with Crippen molar-refractivity contribution in [1.29, 1.82) is 0 Å². The number of ether oxygens (including phenoxy) is 4. The van der Waals surface area contributed by atoms with Crippen LogP contribution in [0, 0.1) is 0 Å². The molecule has 0 bridgehead atoms. The molecule has 1 fully saturated rings. The number of methoxy groups -OCH3 is 4. The molecule has 10 heteroatoms. The third-order valence-electron chi connectivity index (χ3n) is 6.28. The zero-order chi connectivity index (χ0) is 26.2. The molecule has 2 aromatic carbocycles. The second kappa shape index (κ2) is 12.6. The van der Waals surface area contributed by atoms with Crippen molar-refractivity contribution in [3.05, 3.63) is 36.4 Å². The fourth-order valence-electron chi connectivity index (χ4n) is 4.38. The first kappa shape index (κ1) is 26.5. The van der Waals surface area contributed by atoms with Crippen LogP contribution in [0.25, 0.3) is 22.5 Å². The van der Waals surface area contributed by atoms with E-state index >= 15 is 0 Å². The monoisotopic (exact) mass is 524 g/mol. The van der Waals surface area contributed by atoms with Crippen LogP contribution in [-0.4, -0.2) is 61.3 Å². The zero-order valence-electron chi connectivity index (χ0n) is 21.6. The Balaban J connectivity index is 1.66. The molecule has 0 aliphatic heterocycles. The minimum absolute atomic E-state index is 0.0165. The summed E-state index contributed by atoms with van der Waals surface area (Å²) in [6, 6.07) is 11.3. The van der Waals surface area contributed by atoms with Crippen molar-refractivity contribution in [1.82, 2.24) is 20.5 Å². The lowest BCUT2D eigenvalue weighted by Crippen LogP contribution is -2.37. The van der Waals surface area contributed by atoms with Crippen LogP contribution in [0.1, 0.15) is 32.1 Å². The normalized spacial score (nSPS) is 13.6. The van der Waals surface area contributed by atoms with Crippen molar-refractivity contribution >= 4 is 17.7 Å². The van der Waals surface area contributed by atoms with Gasteiger partial charge in [0.25, 0.3) is 0 Å². The minimum Gasteiger partial charge on any atom is -0.493 e. The van der Waals surface area contributed by atoms with Gasteiger partial charge in [0.15, 0.2) is 23.0 Å². The Hall–Kier alpha value is -3.53. The van der Waals surface area contributed by atoms with E-state index in [-0.39, 0.29) is 17.7 Å². The van der Waals surface area contributed by atoms with Crippen LogP contribution < -0.4 is 24.3 Å². The maximum atomic E-state index is 12.5. The highest BCUT2D eigenvalue weighted by Crippen LogP contribution is 2.38. The van der Waals surface area contributed by atoms with E-state index in [1.54, 1.807) is 28.4 Å². The number of carbonyl (C=O) groups is 1. The number of nitrogens with one attached hydrogen (secondary N) is 1. The molecule has 0 unspecified atom stereocenters. The predicted molar refractivity (Wildman–Crippen MR) is 143 cm³/mol. The highest BCUT2D eigenvalue weighted by molar-refractivity contribution is 7.99. The van der Waals surface area contributed by atoms with Gasteiger partial charge in [0.1, 0.15) is 11.4 Å². The molecule has 1 amide bonds. The van der Waals surface area contributed by atoms with E-state index in [4.69, 9.17) is 23.9 Å². The summed E-state index contributed by atoms with van der Waals surface area (Å²) in [5.74, 6) is 2.55. The smallest absolute Gasteiger partial charge is 0.230 e. The van der Waals surface area contributed by atoms with E-state index in [0.717, 1.165) is 36.8 Å². The molecule has 37 heavy (non-hydrogen) atoms. The van der Waals surface area contributed by atoms with Gasteiger partial charge in [-0.15, -0.1) is 10.2 Å². The van der Waals surface area contributed by atoms with Gasteiger partial charge >= 0.3 is 0 Å². The maximum absolute atomic E-state index is 12.5. The van der Waals surface area contributed by atoms with Gasteiger partial charge in [0.2, 0.25) is 11.1 Å². The van der Waals surface area contributed by atoms with E-state index in [2.05, 4.69) is 15.5 Å². The van der Waals surface area contributed by atoms with Crippen molar-refractivity contribution in [3.63, 3.8) is 0 Å². The summed E-state index contributed by atoms with van der Waals surface area (Å²) in [7, 11) is 6.34. The van der Waals surface area contributed by atoms with Gasteiger partial charge in [-0.1, -0.05) is 31.0 Å². The third kappa shape index (κ3) is 6.43. The number of hydrogen-bond donors (Lipinski definition) is 1. The SMILES string of the molecule is COc1ccc(-c2nnc(SCC(=O)NC3CCCCC3)nc2-c2ccc(OC)c(OC)c2)cc1OC. The maximum Gasteiger partial charge on any atom is 0.230 e. The molecule has 0 spiro atoms. The Morgan fingerprint density at radius 2 is 1.38 bits per heavy atom. The number of carbonyl (C=O) groups excluding carboxylic acids is 1. The molecule has 196 valence electrons. The van der Waals surface area contributed by atoms with Crippen LogP contribution in [0.15, 0.2) is 41.6 Å². The third-order valence-corrected chi connectivity index (χ3v) is 7.12. The number of amides is 1. The lowest BCUT2D eigenvalue weighted by atomic mass is 9.95. The average molecular weight is 525 g/mol. The van der Waals surface area contributed by atoms with Gasteiger partial charge in [-0.3, -0.25) is 4.79 Å². The van der Waals surface area contributed by atoms with Crippen LogP contribution in [-0.2, 0) is 4.79 Å². The van der Waals surface area contributed by atoms with Gasteiger partial charge in [-0.25, -0.2) is 4.98 Å². The molecule has 0 radical (unpaired) electrons. The fraction of sp³-hybridized carbons (Fsp3) is 0.407. The average Bonchev–Trinajstić information content (AvgIpc) is 2.95. The molecule has 9 nitrogen and oxygen atoms in total. The standard InChI is InChI=1S/C27H32N4O5S/c1-33-20-12-10-17(14-22(20)35-3)25-26(18-11-13-21(34-2)23(15-18)36-4)30-31-27(29-25)37-16-24(32)28-19-8-6-5-7-9-19/h10-15,19H,5-9,16H2,1-4H3,(H,28,32). The fourth-order valence-corrected chi connectivity index (χ4v) is 4.98. The summed E-state index contributed by atoms with van der Waals surface area (Å²) >= 11 is 1.26. The number of nitrogens with zero attached hydrogens (tertiary/aromatic N) is 3. The summed E-state index contributed by atoms with van der Waals surface area (Å²) < 4.78 is 21.8. The molecule has 1 heterocycles. The van der Waals surface area contributed by atoms with Crippen molar-refractivity contribution in [3.8, 4) is 45.5 Å². The van der Waals surface area contributed by atoms with Gasteiger partial charge < -0.3 is 24.3 Å². The van der Waals surface area contributed by atoms with E-state index in [1.807, 2.05) is 36.4 Å². The largest absolute Gasteiger partial charge is 0.493 e. The second-order valence-electron chi connectivity index (χ2n) is 8.62.